The van der Waals surface area contributed by atoms with Crippen LogP contribution in [0.1, 0.15) is 13.3 Å². The normalized spacial score (nSPS) is 14.6. The number of piperazine rings is 1. The summed E-state index contributed by atoms with van der Waals surface area (Å²) in [4.78, 5) is 20.9. The van der Waals surface area contributed by atoms with Crippen LogP contribution in [-0.4, -0.2) is 64.5 Å². The second-order valence-corrected chi connectivity index (χ2v) is 7.84. The van der Waals surface area contributed by atoms with Crippen molar-refractivity contribution in [3.05, 3.63) is 24.4 Å². The summed E-state index contributed by atoms with van der Waals surface area (Å²) in [7, 11) is 0. The van der Waals surface area contributed by atoms with Crippen molar-refractivity contribution in [2.75, 3.05) is 48.7 Å². The standard InChI is InChI=1S/C16H22N6OS2/c1-2-6-18-15-19-20-16(25-15)24-12-14(23)22-10-8-21(9-11-22)13-5-3-4-7-17-13/h3-5,7H,2,6,8-12H2,1H3,(H,18,19). The average molecular weight is 379 g/mol. The number of carbonyl (C=O) groups excluding carboxylic acids is 1. The highest BCUT2D eigenvalue weighted by Gasteiger charge is 2.22. The lowest BCUT2D eigenvalue weighted by molar-refractivity contribution is -0.128. The Morgan fingerprint density at radius 2 is 2.12 bits per heavy atom. The number of pyridine rings is 1. The lowest BCUT2D eigenvalue weighted by atomic mass is 10.3. The van der Waals surface area contributed by atoms with Gasteiger partial charge in [-0.2, -0.15) is 0 Å². The molecule has 1 amide bonds. The molecule has 3 heterocycles. The summed E-state index contributed by atoms with van der Waals surface area (Å²) in [5.74, 6) is 1.54. The molecule has 7 nitrogen and oxygen atoms in total. The molecule has 0 radical (unpaired) electrons. The van der Waals surface area contributed by atoms with E-state index in [2.05, 4.69) is 32.3 Å². The van der Waals surface area contributed by atoms with E-state index in [9.17, 15) is 4.79 Å². The van der Waals surface area contributed by atoms with Crippen molar-refractivity contribution in [1.29, 1.82) is 0 Å². The highest BCUT2D eigenvalue weighted by atomic mass is 32.2. The molecule has 0 bridgehead atoms. The van der Waals surface area contributed by atoms with Gasteiger partial charge in [-0.15, -0.1) is 10.2 Å². The van der Waals surface area contributed by atoms with E-state index in [4.69, 9.17) is 0 Å². The molecular formula is C16H22N6OS2. The summed E-state index contributed by atoms with van der Waals surface area (Å²) in [6, 6.07) is 5.91. The molecule has 2 aromatic heterocycles. The first kappa shape index (κ1) is 17.9. The van der Waals surface area contributed by atoms with Crippen molar-refractivity contribution in [3.8, 4) is 0 Å². The molecule has 0 aliphatic carbocycles. The molecule has 0 spiro atoms. The van der Waals surface area contributed by atoms with Crippen LogP contribution in [0, 0.1) is 0 Å². The Morgan fingerprint density at radius 1 is 1.28 bits per heavy atom. The minimum atomic E-state index is 0.156. The van der Waals surface area contributed by atoms with Gasteiger partial charge in [-0.1, -0.05) is 36.1 Å². The van der Waals surface area contributed by atoms with Crippen LogP contribution in [0.25, 0.3) is 0 Å². The Bertz CT molecular complexity index is 672. The molecule has 1 N–H and O–H groups in total. The Morgan fingerprint density at radius 3 is 2.84 bits per heavy atom. The smallest absolute Gasteiger partial charge is 0.233 e. The maximum absolute atomic E-state index is 12.4. The van der Waals surface area contributed by atoms with Gasteiger partial charge in [-0.3, -0.25) is 4.79 Å². The molecule has 9 heteroatoms. The fourth-order valence-electron chi connectivity index (χ4n) is 2.51. The number of nitrogens with one attached hydrogen (secondary N) is 1. The summed E-state index contributed by atoms with van der Waals surface area (Å²) in [6.45, 7) is 6.09. The largest absolute Gasteiger partial charge is 0.360 e. The van der Waals surface area contributed by atoms with Crippen LogP contribution in [0.4, 0.5) is 10.9 Å². The quantitative estimate of drug-likeness (QED) is 0.740. The SMILES string of the molecule is CCCNc1nnc(SCC(=O)N2CCN(c3ccccn3)CC2)s1. The predicted octanol–water partition coefficient (Wildman–Crippen LogP) is 2.20. The lowest BCUT2D eigenvalue weighted by Crippen LogP contribution is -2.49. The molecule has 1 saturated heterocycles. The third-order valence-electron chi connectivity index (χ3n) is 3.86. The summed E-state index contributed by atoms with van der Waals surface area (Å²) in [5.41, 5.74) is 0. The number of amides is 1. The Labute approximate surface area is 155 Å². The third kappa shape index (κ3) is 5.05. The molecule has 25 heavy (non-hydrogen) atoms. The van der Waals surface area contributed by atoms with Crippen molar-refractivity contribution >= 4 is 40.0 Å². The van der Waals surface area contributed by atoms with Crippen molar-refractivity contribution < 1.29 is 4.79 Å². The van der Waals surface area contributed by atoms with Gasteiger partial charge in [-0.25, -0.2) is 4.98 Å². The minimum absolute atomic E-state index is 0.156. The Kier molecular flexibility index (Phi) is 6.46. The van der Waals surface area contributed by atoms with E-state index in [1.54, 1.807) is 6.20 Å². The molecule has 0 unspecified atom stereocenters. The highest BCUT2D eigenvalue weighted by Crippen LogP contribution is 2.25. The van der Waals surface area contributed by atoms with Crippen molar-refractivity contribution in [3.63, 3.8) is 0 Å². The summed E-state index contributed by atoms with van der Waals surface area (Å²) >= 11 is 2.96. The van der Waals surface area contributed by atoms with E-state index in [-0.39, 0.29) is 5.91 Å². The number of hydrogen-bond acceptors (Lipinski definition) is 8. The van der Waals surface area contributed by atoms with Crippen LogP contribution < -0.4 is 10.2 Å². The number of aromatic nitrogens is 3. The van der Waals surface area contributed by atoms with Crippen LogP contribution in [-0.2, 0) is 4.79 Å². The van der Waals surface area contributed by atoms with Gasteiger partial charge in [0.2, 0.25) is 11.0 Å². The van der Waals surface area contributed by atoms with Gasteiger partial charge in [0.15, 0.2) is 4.34 Å². The zero-order valence-corrected chi connectivity index (χ0v) is 15.9. The maximum Gasteiger partial charge on any atom is 0.233 e. The monoisotopic (exact) mass is 378 g/mol. The van der Waals surface area contributed by atoms with Gasteiger partial charge < -0.3 is 15.1 Å². The number of nitrogens with zero attached hydrogens (tertiary/aromatic N) is 5. The molecule has 0 atom stereocenters. The van der Waals surface area contributed by atoms with E-state index < -0.39 is 0 Å². The van der Waals surface area contributed by atoms with E-state index in [0.717, 1.165) is 54.4 Å². The molecular weight excluding hydrogens is 356 g/mol. The van der Waals surface area contributed by atoms with Crippen LogP contribution in [0.3, 0.4) is 0 Å². The second-order valence-electron chi connectivity index (χ2n) is 5.64. The molecule has 1 aliphatic heterocycles. The molecule has 2 aromatic rings. The van der Waals surface area contributed by atoms with Crippen LogP contribution >= 0.6 is 23.1 Å². The first-order valence-corrected chi connectivity index (χ1v) is 10.2. The number of carbonyl (C=O) groups is 1. The van der Waals surface area contributed by atoms with Gasteiger partial charge in [0, 0.05) is 38.9 Å². The van der Waals surface area contributed by atoms with Crippen molar-refractivity contribution in [2.45, 2.75) is 17.7 Å². The van der Waals surface area contributed by atoms with Crippen molar-refractivity contribution in [2.24, 2.45) is 0 Å². The van der Waals surface area contributed by atoms with Crippen LogP contribution in [0.15, 0.2) is 28.7 Å². The van der Waals surface area contributed by atoms with Gasteiger partial charge >= 0.3 is 0 Å². The van der Waals surface area contributed by atoms with E-state index >= 15 is 0 Å². The molecule has 134 valence electrons. The number of rotatable bonds is 7. The van der Waals surface area contributed by atoms with E-state index in [1.807, 2.05) is 23.1 Å². The fraction of sp³-hybridized carbons (Fsp3) is 0.500. The second kappa shape index (κ2) is 9.00. The third-order valence-corrected chi connectivity index (χ3v) is 5.86. The summed E-state index contributed by atoms with van der Waals surface area (Å²) in [6.07, 6.45) is 2.85. The first-order chi connectivity index (χ1) is 12.3. The number of hydrogen-bond donors (Lipinski definition) is 1. The van der Waals surface area contributed by atoms with Crippen LogP contribution in [0.2, 0.25) is 0 Å². The zero-order valence-electron chi connectivity index (χ0n) is 14.2. The lowest BCUT2D eigenvalue weighted by Gasteiger charge is -2.35. The first-order valence-electron chi connectivity index (χ1n) is 8.40. The highest BCUT2D eigenvalue weighted by molar-refractivity contribution is 8.01. The fourth-order valence-corrected chi connectivity index (χ4v) is 4.19. The maximum atomic E-state index is 12.4. The molecule has 1 aliphatic rings. The molecule has 0 aromatic carbocycles. The van der Waals surface area contributed by atoms with Gasteiger partial charge in [-0.05, 0) is 18.6 Å². The number of anilines is 2. The average Bonchev–Trinajstić information content (AvgIpc) is 3.13. The Hall–Kier alpha value is -1.87. The minimum Gasteiger partial charge on any atom is -0.360 e. The topological polar surface area (TPSA) is 74.2 Å². The summed E-state index contributed by atoms with van der Waals surface area (Å²) in [5, 5.41) is 12.2. The number of thioether (sulfide) groups is 1. The van der Waals surface area contributed by atoms with Gasteiger partial charge in [0.25, 0.3) is 0 Å². The molecule has 3 rings (SSSR count). The van der Waals surface area contributed by atoms with Gasteiger partial charge in [0.1, 0.15) is 5.82 Å². The predicted molar refractivity (Wildman–Crippen MR) is 102 cm³/mol. The Balaban J connectivity index is 1.43. The molecule has 0 saturated carbocycles. The van der Waals surface area contributed by atoms with Crippen molar-refractivity contribution in [1.82, 2.24) is 20.1 Å². The van der Waals surface area contributed by atoms with E-state index in [1.165, 1.54) is 23.1 Å². The van der Waals surface area contributed by atoms with Gasteiger partial charge in [0.05, 0.1) is 5.75 Å². The summed E-state index contributed by atoms with van der Waals surface area (Å²) < 4.78 is 0.832. The zero-order chi connectivity index (χ0) is 17.5. The van der Waals surface area contributed by atoms with Crippen LogP contribution in [0.5, 0.6) is 0 Å². The molecule has 1 fully saturated rings. The van der Waals surface area contributed by atoms with E-state index in [0.29, 0.717) is 5.75 Å².